The zero-order chi connectivity index (χ0) is 16.1. The van der Waals surface area contributed by atoms with Crippen molar-refractivity contribution in [2.24, 2.45) is 0 Å². The molecular formula is C16H17ClN2O3. The molecule has 0 saturated heterocycles. The summed E-state index contributed by atoms with van der Waals surface area (Å²) >= 11 is 6.03. The van der Waals surface area contributed by atoms with Crippen LogP contribution in [0.15, 0.2) is 36.4 Å². The molecule has 2 amide bonds. The third-order valence-electron chi connectivity index (χ3n) is 3.13. The predicted molar refractivity (Wildman–Crippen MR) is 88.4 cm³/mol. The maximum absolute atomic E-state index is 12.1. The standard InChI is InChI=1S/C16H17ClN2O3/c1-10-14(17)5-4-6-15(10)19-16(20)18-11-7-12(21-2)9-13(8-11)22-3/h4-9H,1-3H3,(H2,18,19,20). The van der Waals surface area contributed by atoms with Crippen molar-refractivity contribution in [3.63, 3.8) is 0 Å². The van der Waals surface area contributed by atoms with E-state index >= 15 is 0 Å². The molecule has 0 spiro atoms. The largest absolute Gasteiger partial charge is 0.497 e. The lowest BCUT2D eigenvalue weighted by Gasteiger charge is -2.12. The topological polar surface area (TPSA) is 59.6 Å². The highest BCUT2D eigenvalue weighted by atomic mass is 35.5. The molecule has 2 aromatic carbocycles. The molecule has 2 rings (SSSR count). The molecule has 2 aromatic rings. The molecule has 0 radical (unpaired) electrons. The summed E-state index contributed by atoms with van der Waals surface area (Å²) in [6, 6.07) is 10.1. The first-order chi connectivity index (χ1) is 10.5. The number of methoxy groups -OCH3 is 2. The Hall–Kier alpha value is -2.40. The molecular weight excluding hydrogens is 304 g/mol. The van der Waals surface area contributed by atoms with Crippen LogP contribution in [0, 0.1) is 6.92 Å². The number of ether oxygens (including phenoxy) is 2. The SMILES string of the molecule is COc1cc(NC(=O)Nc2cccc(Cl)c2C)cc(OC)c1. The number of halogens is 1. The highest BCUT2D eigenvalue weighted by Gasteiger charge is 2.08. The van der Waals surface area contributed by atoms with Crippen molar-refractivity contribution in [3.8, 4) is 11.5 Å². The predicted octanol–water partition coefficient (Wildman–Crippen LogP) is 4.31. The van der Waals surface area contributed by atoms with Crippen molar-refractivity contribution >= 4 is 29.0 Å². The number of carbonyl (C=O) groups excluding carboxylic acids is 1. The highest BCUT2D eigenvalue weighted by molar-refractivity contribution is 6.31. The maximum Gasteiger partial charge on any atom is 0.323 e. The molecule has 0 aliphatic heterocycles. The summed E-state index contributed by atoms with van der Waals surface area (Å²) < 4.78 is 10.3. The second-order valence-corrected chi connectivity index (χ2v) is 5.00. The van der Waals surface area contributed by atoms with E-state index in [1.54, 1.807) is 50.6 Å². The molecule has 116 valence electrons. The second kappa shape index (κ2) is 7.04. The van der Waals surface area contributed by atoms with E-state index in [0.717, 1.165) is 5.56 Å². The number of nitrogens with one attached hydrogen (secondary N) is 2. The first-order valence-electron chi connectivity index (χ1n) is 6.59. The summed E-state index contributed by atoms with van der Waals surface area (Å²) in [7, 11) is 3.10. The van der Waals surface area contributed by atoms with Gasteiger partial charge in [0.1, 0.15) is 11.5 Å². The van der Waals surface area contributed by atoms with Crippen molar-refractivity contribution in [3.05, 3.63) is 47.0 Å². The molecule has 0 unspecified atom stereocenters. The van der Waals surface area contributed by atoms with Gasteiger partial charge in [0, 0.05) is 34.6 Å². The van der Waals surface area contributed by atoms with Crippen LogP contribution < -0.4 is 20.1 Å². The number of rotatable bonds is 4. The van der Waals surface area contributed by atoms with Crippen molar-refractivity contribution in [2.75, 3.05) is 24.9 Å². The Morgan fingerprint density at radius 2 is 1.68 bits per heavy atom. The van der Waals surface area contributed by atoms with Crippen LogP contribution in [0.3, 0.4) is 0 Å². The molecule has 0 fully saturated rings. The van der Waals surface area contributed by atoms with Gasteiger partial charge in [-0.15, -0.1) is 0 Å². The normalized spacial score (nSPS) is 10.0. The van der Waals surface area contributed by atoms with Gasteiger partial charge in [0.05, 0.1) is 14.2 Å². The van der Waals surface area contributed by atoms with Crippen LogP contribution in [0.4, 0.5) is 16.2 Å². The monoisotopic (exact) mass is 320 g/mol. The quantitative estimate of drug-likeness (QED) is 0.882. The molecule has 0 aromatic heterocycles. The molecule has 0 aliphatic rings. The number of hydrogen-bond donors (Lipinski definition) is 2. The number of anilines is 2. The van der Waals surface area contributed by atoms with Gasteiger partial charge in [-0.2, -0.15) is 0 Å². The van der Waals surface area contributed by atoms with Crippen LogP contribution in [0.1, 0.15) is 5.56 Å². The Kier molecular flexibility index (Phi) is 5.12. The van der Waals surface area contributed by atoms with Crippen LogP contribution in [0.2, 0.25) is 5.02 Å². The maximum atomic E-state index is 12.1. The second-order valence-electron chi connectivity index (χ2n) is 4.59. The van der Waals surface area contributed by atoms with Crippen LogP contribution in [-0.4, -0.2) is 20.3 Å². The van der Waals surface area contributed by atoms with Crippen molar-refractivity contribution in [1.29, 1.82) is 0 Å². The number of benzene rings is 2. The van der Waals surface area contributed by atoms with E-state index < -0.39 is 0 Å². The zero-order valence-corrected chi connectivity index (χ0v) is 13.3. The average molecular weight is 321 g/mol. The smallest absolute Gasteiger partial charge is 0.323 e. The minimum Gasteiger partial charge on any atom is -0.497 e. The van der Waals surface area contributed by atoms with Gasteiger partial charge in [-0.05, 0) is 24.6 Å². The van der Waals surface area contributed by atoms with Gasteiger partial charge < -0.3 is 20.1 Å². The van der Waals surface area contributed by atoms with Gasteiger partial charge >= 0.3 is 6.03 Å². The number of urea groups is 1. The fourth-order valence-corrected chi connectivity index (χ4v) is 2.08. The summed E-state index contributed by atoms with van der Waals surface area (Å²) in [6.07, 6.45) is 0. The Labute approximate surface area is 134 Å². The van der Waals surface area contributed by atoms with Crippen molar-refractivity contribution in [2.45, 2.75) is 6.92 Å². The summed E-state index contributed by atoms with van der Waals surface area (Å²) in [6.45, 7) is 1.84. The van der Waals surface area contributed by atoms with Gasteiger partial charge in [-0.3, -0.25) is 0 Å². The van der Waals surface area contributed by atoms with Crippen LogP contribution in [0.25, 0.3) is 0 Å². The number of hydrogen-bond acceptors (Lipinski definition) is 3. The third kappa shape index (κ3) is 3.83. The first-order valence-corrected chi connectivity index (χ1v) is 6.97. The summed E-state index contributed by atoms with van der Waals surface area (Å²) in [5.41, 5.74) is 2.02. The average Bonchev–Trinajstić information content (AvgIpc) is 2.51. The summed E-state index contributed by atoms with van der Waals surface area (Å²) in [5, 5.41) is 6.09. The van der Waals surface area contributed by atoms with E-state index in [1.807, 2.05) is 6.92 Å². The van der Waals surface area contributed by atoms with E-state index in [1.165, 1.54) is 0 Å². The van der Waals surface area contributed by atoms with E-state index in [2.05, 4.69) is 10.6 Å². The Morgan fingerprint density at radius 1 is 1.05 bits per heavy atom. The fourth-order valence-electron chi connectivity index (χ4n) is 1.91. The molecule has 5 nitrogen and oxygen atoms in total. The van der Waals surface area contributed by atoms with Crippen molar-refractivity contribution in [1.82, 2.24) is 0 Å². The molecule has 22 heavy (non-hydrogen) atoms. The van der Waals surface area contributed by atoms with Gasteiger partial charge in [0.15, 0.2) is 0 Å². The van der Waals surface area contributed by atoms with E-state index in [9.17, 15) is 4.79 Å². The van der Waals surface area contributed by atoms with Gasteiger partial charge in [-0.1, -0.05) is 17.7 Å². The van der Waals surface area contributed by atoms with Gasteiger partial charge in [0.2, 0.25) is 0 Å². The van der Waals surface area contributed by atoms with E-state index in [0.29, 0.717) is 27.9 Å². The van der Waals surface area contributed by atoms with Crippen molar-refractivity contribution < 1.29 is 14.3 Å². The Balaban J connectivity index is 2.13. The first kappa shape index (κ1) is 16.0. The molecule has 6 heteroatoms. The lowest BCUT2D eigenvalue weighted by atomic mass is 10.2. The molecule has 0 bridgehead atoms. The summed E-state index contributed by atoms with van der Waals surface area (Å²) in [5.74, 6) is 1.18. The van der Waals surface area contributed by atoms with Crippen LogP contribution in [0.5, 0.6) is 11.5 Å². The lowest BCUT2D eigenvalue weighted by Crippen LogP contribution is -2.20. The number of amides is 2. The molecule has 0 atom stereocenters. The minimum atomic E-state index is -0.374. The molecule has 0 saturated carbocycles. The molecule has 0 heterocycles. The van der Waals surface area contributed by atoms with Gasteiger partial charge in [0.25, 0.3) is 0 Å². The lowest BCUT2D eigenvalue weighted by molar-refractivity contribution is 0.262. The van der Waals surface area contributed by atoms with E-state index in [4.69, 9.17) is 21.1 Å². The number of carbonyl (C=O) groups is 1. The highest BCUT2D eigenvalue weighted by Crippen LogP contribution is 2.26. The minimum absolute atomic E-state index is 0.374. The Morgan fingerprint density at radius 3 is 2.27 bits per heavy atom. The Bertz CT molecular complexity index is 667. The zero-order valence-electron chi connectivity index (χ0n) is 12.6. The van der Waals surface area contributed by atoms with E-state index in [-0.39, 0.29) is 6.03 Å². The third-order valence-corrected chi connectivity index (χ3v) is 3.53. The summed E-state index contributed by atoms with van der Waals surface area (Å²) in [4.78, 5) is 12.1. The molecule has 0 aliphatic carbocycles. The fraction of sp³-hybridized carbons (Fsp3) is 0.188. The van der Waals surface area contributed by atoms with Crippen LogP contribution >= 0.6 is 11.6 Å². The van der Waals surface area contributed by atoms with Gasteiger partial charge in [-0.25, -0.2) is 4.79 Å². The molecule has 2 N–H and O–H groups in total. The van der Waals surface area contributed by atoms with Crippen LogP contribution in [-0.2, 0) is 0 Å².